The molecule has 0 atom stereocenters. The molecule has 0 N–H and O–H groups in total. The molecule has 130 valence electrons. The quantitative estimate of drug-likeness (QED) is 0.262. The summed E-state index contributed by atoms with van der Waals surface area (Å²) in [6.45, 7) is 0. The van der Waals surface area contributed by atoms with E-state index in [1.54, 1.807) is 0 Å². The second-order valence-electron chi connectivity index (χ2n) is 5.72. The predicted molar refractivity (Wildman–Crippen MR) is 85.0 cm³/mol. The van der Waals surface area contributed by atoms with Crippen LogP contribution in [0.25, 0.3) is 55.6 Å². The molecule has 0 amide bonds. The van der Waals surface area contributed by atoms with Gasteiger partial charge in [-0.25, -0.2) is 4.40 Å². The zero-order valence-electron chi connectivity index (χ0n) is 13.1. The fourth-order valence-electron chi connectivity index (χ4n) is 3.43. The summed E-state index contributed by atoms with van der Waals surface area (Å²) in [6, 6.07) is 0. The van der Waals surface area contributed by atoms with Crippen molar-refractivity contribution in [3.8, 4) is 0 Å². The summed E-state index contributed by atoms with van der Waals surface area (Å²) in [4.78, 5) is 13.4. The van der Waals surface area contributed by atoms with Crippen molar-refractivity contribution < 1.29 is 0 Å². The van der Waals surface area contributed by atoms with Crippen LogP contribution in [0.15, 0.2) is 4.79 Å². The third-order valence-electron chi connectivity index (χ3n) is 4.47. The standard InChI is InChI=1S/C11N16O/c28-11-5-6-1(12-20-16-5)3-8(17-24-22-14-3)26(6)10-7-2(13-21-19-10)4-9(27(7)11)18-25-23-15-4. The Morgan fingerprint density at radius 3 is 1.68 bits per heavy atom. The maximum Gasteiger partial charge on any atom is 0.287 e. The highest BCUT2D eigenvalue weighted by Crippen LogP contribution is 2.29. The Morgan fingerprint density at radius 2 is 0.929 bits per heavy atom. The van der Waals surface area contributed by atoms with Crippen molar-refractivity contribution in [2.24, 2.45) is 0 Å². The molecular weight excluding hydrogens is 372 g/mol. The van der Waals surface area contributed by atoms with Crippen LogP contribution >= 0.6 is 0 Å². The van der Waals surface area contributed by atoms with E-state index in [2.05, 4.69) is 72.1 Å². The number of nitrogens with zero attached hydrogens (tertiary/aromatic N) is 16. The van der Waals surface area contributed by atoms with Gasteiger partial charge in [0.2, 0.25) is 0 Å². The largest absolute Gasteiger partial charge is 0.287 e. The average molecular weight is 372 g/mol. The second-order valence-corrected chi connectivity index (χ2v) is 5.72. The molecule has 0 unspecified atom stereocenters. The lowest BCUT2D eigenvalue weighted by molar-refractivity contribution is 0.789. The Bertz CT molecular complexity index is 1800. The van der Waals surface area contributed by atoms with E-state index < -0.39 is 5.56 Å². The SMILES string of the molecule is O=c1c2nnnc3c4nnnnc4n(c4nnnc5c6nnnnc6n1c54)c23. The van der Waals surface area contributed by atoms with E-state index in [1.807, 2.05) is 0 Å². The van der Waals surface area contributed by atoms with E-state index in [4.69, 9.17) is 0 Å². The summed E-state index contributed by atoms with van der Waals surface area (Å²) < 4.78 is 2.76. The van der Waals surface area contributed by atoms with Gasteiger partial charge in [0.25, 0.3) is 5.56 Å². The zero-order chi connectivity index (χ0) is 18.4. The molecule has 0 aliphatic heterocycles. The van der Waals surface area contributed by atoms with Gasteiger partial charge in [-0.1, -0.05) is 0 Å². The van der Waals surface area contributed by atoms with Crippen molar-refractivity contribution in [3.63, 3.8) is 0 Å². The lowest BCUT2D eigenvalue weighted by Crippen LogP contribution is -2.13. The molecule has 0 aliphatic rings. The van der Waals surface area contributed by atoms with Crippen LogP contribution in [0.1, 0.15) is 0 Å². The van der Waals surface area contributed by atoms with Gasteiger partial charge in [0.05, 0.1) is 0 Å². The van der Waals surface area contributed by atoms with Gasteiger partial charge in [0, 0.05) is 0 Å². The minimum absolute atomic E-state index is 0.0276. The van der Waals surface area contributed by atoms with E-state index in [-0.39, 0.29) is 50.0 Å². The molecule has 0 saturated heterocycles. The van der Waals surface area contributed by atoms with Gasteiger partial charge in [0.1, 0.15) is 22.1 Å². The molecule has 7 rings (SSSR count). The van der Waals surface area contributed by atoms with Gasteiger partial charge >= 0.3 is 0 Å². The fraction of sp³-hybridized carbons (Fsp3) is 0. The average Bonchev–Trinajstić information content (AvgIpc) is 3.23. The summed E-state index contributed by atoms with van der Waals surface area (Å²) in [5.74, 6) is 0. The molecule has 28 heavy (non-hydrogen) atoms. The van der Waals surface area contributed by atoms with Gasteiger partial charge in [-0.3, -0.25) is 9.20 Å². The first kappa shape index (κ1) is 13.4. The van der Waals surface area contributed by atoms with Gasteiger partial charge in [-0.15, -0.1) is 40.8 Å². The predicted octanol–water partition coefficient (Wildman–Crippen LogP) is -2.87. The molecule has 0 aliphatic carbocycles. The van der Waals surface area contributed by atoms with Crippen LogP contribution in [-0.2, 0) is 0 Å². The summed E-state index contributed by atoms with van der Waals surface area (Å²) in [7, 11) is 0. The molecule has 0 radical (unpaired) electrons. The van der Waals surface area contributed by atoms with Gasteiger partial charge in [-0.05, 0) is 31.3 Å². The monoisotopic (exact) mass is 372 g/mol. The van der Waals surface area contributed by atoms with Crippen LogP contribution in [0.5, 0.6) is 0 Å². The molecule has 7 aromatic heterocycles. The first-order chi connectivity index (χ1) is 13.8. The van der Waals surface area contributed by atoms with Crippen molar-refractivity contribution in [1.29, 1.82) is 0 Å². The third kappa shape index (κ3) is 1.31. The molecule has 0 aromatic carbocycles. The number of hydrogen-bond acceptors (Lipinski definition) is 15. The molecule has 17 heteroatoms. The Morgan fingerprint density at radius 1 is 0.429 bits per heavy atom. The fourth-order valence-corrected chi connectivity index (χ4v) is 3.43. The summed E-state index contributed by atoms with van der Waals surface area (Å²) in [6.07, 6.45) is 0. The first-order valence-corrected chi connectivity index (χ1v) is 7.58. The van der Waals surface area contributed by atoms with Crippen LogP contribution in [0.3, 0.4) is 0 Å². The van der Waals surface area contributed by atoms with Crippen molar-refractivity contribution in [2.45, 2.75) is 0 Å². The molecular formula is C11N16O. The zero-order valence-corrected chi connectivity index (χ0v) is 13.1. The highest BCUT2D eigenvalue weighted by Gasteiger charge is 2.26. The number of rotatable bonds is 0. The van der Waals surface area contributed by atoms with Gasteiger partial charge in [0.15, 0.2) is 33.5 Å². The summed E-state index contributed by atoms with van der Waals surface area (Å²) in [5.41, 5.74) is 1.63. The number of aromatic nitrogens is 16. The lowest BCUT2D eigenvalue weighted by Gasteiger charge is -1.95. The topological polar surface area (TPSA) is 206 Å². The van der Waals surface area contributed by atoms with Crippen LogP contribution in [0.4, 0.5) is 0 Å². The minimum atomic E-state index is -0.555. The van der Waals surface area contributed by atoms with E-state index in [9.17, 15) is 4.79 Å². The minimum Gasteiger partial charge on any atom is -0.267 e. The molecule has 7 heterocycles. The van der Waals surface area contributed by atoms with Crippen LogP contribution < -0.4 is 5.56 Å². The normalized spacial score (nSPS) is 12.4. The second kappa shape index (κ2) is 4.28. The molecule has 0 fully saturated rings. The third-order valence-corrected chi connectivity index (χ3v) is 4.47. The number of fused-ring (bicyclic) bond motifs is 7. The summed E-state index contributed by atoms with van der Waals surface area (Å²) >= 11 is 0. The Kier molecular flexibility index (Phi) is 2.05. The Balaban J connectivity index is 2.04. The van der Waals surface area contributed by atoms with E-state index in [1.165, 1.54) is 8.80 Å². The van der Waals surface area contributed by atoms with Crippen molar-refractivity contribution in [1.82, 2.24) is 80.9 Å². The van der Waals surface area contributed by atoms with Crippen molar-refractivity contribution >= 4 is 55.6 Å². The van der Waals surface area contributed by atoms with Crippen LogP contribution in [0, 0.1) is 0 Å². The van der Waals surface area contributed by atoms with E-state index >= 15 is 0 Å². The Labute approximate surface area is 147 Å². The maximum atomic E-state index is 13.4. The number of hydrogen-bond donors (Lipinski definition) is 0. The van der Waals surface area contributed by atoms with Gasteiger partial charge in [-0.2, -0.15) is 0 Å². The van der Waals surface area contributed by atoms with Gasteiger partial charge < -0.3 is 0 Å². The smallest absolute Gasteiger partial charge is 0.267 e. The first-order valence-electron chi connectivity index (χ1n) is 7.58. The highest BCUT2D eigenvalue weighted by molar-refractivity contribution is 6.12. The molecule has 0 saturated carbocycles. The molecule has 7 aromatic rings. The van der Waals surface area contributed by atoms with Crippen molar-refractivity contribution in [3.05, 3.63) is 10.4 Å². The Hall–Kier alpha value is -4.83. The van der Waals surface area contributed by atoms with Crippen LogP contribution in [0.2, 0.25) is 0 Å². The van der Waals surface area contributed by atoms with Crippen LogP contribution in [-0.4, -0.2) is 80.9 Å². The van der Waals surface area contributed by atoms with E-state index in [0.29, 0.717) is 5.52 Å². The maximum absolute atomic E-state index is 13.4. The highest BCUT2D eigenvalue weighted by atomic mass is 16.1. The molecule has 0 bridgehead atoms. The summed E-state index contributed by atoms with van der Waals surface area (Å²) in [5, 5.41) is 53.5. The van der Waals surface area contributed by atoms with E-state index in [0.717, 1.165) is 0 Å². The van der Waals surface area contributed by atoms with Crippen molar-refractivity contribution in [2.75, 3.05) is 0 Å². The molecule has 0 spiro atoms. The molecule has 17 nitrogen and oxygen atoms in total. The lowest BCUT2D eigenvalue weighted by atomic mass is 10.4.